The molecule has 1 heterocycles. The maximum atomic E-state index is 5.83. The van der Waals surface area contributed by atoms with Gasteiger partial charge in [0.05, 0.1) is 0 Å². The van der Waals surface area contributed by atoms with Gasteiger partial charge in [-0.05, 0) is 24.5 Å². The standard InChI is InChI=1S/C7H12ClNSi/c1-10(2,7-8)9-5-3-4-6-9/h3-6H,7H2,1-2H3. The van der Waals surface area contributed by atoms with Crippen LogP contribution in [0.1, 0.15) is 0 Å². The van der Waals surface area contributed by atoms with Crippen LogP contribution in [0.3, 0.4) is 0 Å². The SMILES string of the molecule is C[Si](C)(CCl)n1cccc1. The van der Waals surface area contributed by atoms with Crippen LogP contribution in [0.5, 0.6) is 0 Å². The third-order valence-corrected chi connectivity index (χ3v) is 5.94. The highest BCUT2D eigenvalue weighted by Gasteiger charge is 2.20. The second-order valence-corrected chi connectivity index (χ2v) is 8.25. The third-order valence-electron chi connectivity index (χ3n) is 1.63. The van der Waals surface area contributed by atoms with Crippen LogP contribution in [0, 0.1) is 0 Å². The molecule has 0 aromatic carbocycles. The molecule has 0 spiro atoms. The Morgan fingerprint density at radius 3 is 2.20 bits per heavy atom. The number of hydrogen-bond acceptors (Lipinski definition) is 0. The van der Waals surface area contributed by atoms with Crippen molar-refractivity contribution >= 4 is 19.8 Å². The van der Waals surface area contributed by atoms with Crippen LogP contribution < -0.4 is 0 Å². The van der Waals surface area contributed by atoms with E-state index in [9.17, 15) is 0 Å². The lowest BCUT2D eigenvalue weighted by Crippen LogP contribution is -2.37. The Balaban J connectivity index is 2.85. The summed E-state index contributed by atoms with van der Waals surface area (Å²) in [6.45, 7) is 4.50. The van der Waals surface area contributed by atoms with E-state index in [0.29, 0.717) is 0 Å². The molecule has 0 amide bonds. The Labute approximate surface area is 67.7 Å². The van der Waals surface area contributed by atoms with Gasteiger partial charge >= 0.3 is 0 Å². The Morgan fingerprint density at radius 1 is 1.30 bits per heavy atom. The van der Waals surface area contributed by atoms with E-state index in [1.165, 1.54) is 0 Å². The van der Waals surface area contributed by atoms with Crippen molar-refractivity contribution in [2.24, 2.45) is 0 Å². The zero-order valence-electron chi connectivity index (χ0n) is 6.34. The van der Waals surface area contributed by atoms with Gasteiger partial charge in [0.15, 0.2) is 8.24 Å². The zero-order chi connectivity index (χ0) is 7.61. The van der Waals surface area contributed by atoms with E-state index in [4.69, 9.17) is 11.6 Å². The van der Waals surface area contributed by atoms with E-state index >= 15 is 0 Å². The minimum absolute atomic E-state index is 0.779. The molecule has 3 heteroatoms. The predicted molar refractivity (Wildman–Crippen MR) is 48.0 cm³/mol. The van der Waals surface area contributed by atoms with Gasteiger partial charge in [0.25, 0.3) is 0 Å². The van der Waals surface area contributed by atoms with Crippen molar-refractivity contribution in [2.75, 3.05) is 5.50 Å². The molecular formula is C7H12ClNSi. The summed E-state index contributed by atoms with van der Waals surface area (Å²) in [5.41, 5.74) is 0.779. The highest BCUT2D eigenvalue weighted by atomic mass is 35.5. The number of rotatable bonds is 2. The van der Waals surface area contributed by atoms with Crippen molar-refractivity contribution < 1.29 is 0 Å². The highest BCUT2D eigenvalue weighted by Crippen LogP contribution is 2.08. The molecule has 0 saturated carbocycles. The van der Waals surface area contributed by atoms with Crippen molar-refractivity contribution in [1.29, 1.82) is 0 Å². The zero-order valence-corrected chi connectivity index (χ0v) is 8.10. The summed E-state index contributed by atoms with van der Waals surface area (Å²) in [6, 6.07) is 4.09. The van der Waals surface area contributed by atoms with Gasteiger partial charge in [-0.15, -0.1) is 11.6 Å². The summed E-state index contributed by atoms with van der Waals surface area (Å²) in [4.78, 5) is 0. The van der Waals surface area contributed by atoms with Gasteiger partial charge in [-0.1, -0.05) is 13.1 Å². The molecule has 0 radical (unpaired) electrons. The molecule has 0 unspecified atom stereocenters. The Hall–Kier alpha value is -0.213. The molecular weight excluding hydrogens is 162 g/mol. The summed E-state index contributed by atoms with van der Waals surface area (Å²) >= 11 is 5.83. The van der Waals surface area contributed by atoms with E-state index in [1.54, 1.807) is 0 Å². The molecule has 1 aromatic rings. The largest absolute Gasteiger partial charge is 0.380 e. The molecule has 1 aromatic heterocycles. The van der Waals surface area contributed by atoms with E-state index in [-0.39, 0.29) is 0 Å². The quantitative estimate of drug-likeness (QED) is 0.478. The van der Waals surface area contributed by atoms with Gasteiger partial charge in [0.2, 0.25) is 0 Å². The number of halogens is 1. The number of alkyl halides is 1. The van der Waals surface area contributed by atoms with E-state index in [1.807, 2.05) is 12.1 Å². The molecule has 0 bridgehead atoms. The third kappa shape index (κ3) is 1.44. The van der Waals surface area contributed by atoms with E-state index in [0.717, 1.165) is 5.50 Å². The first-order valence-corrected chi connectivity index (χ1v) is 7.05. The first-order valence-electron chi connectivity index (χ1n) is 3.36. The van der Waals surface area contributed by atoms with Gasteiger partial charge in [-0.3, -0.25) is 0 Å². The minimum Gasteiger partial charge on any atom is -0.380 e. The van der Waals surface area contributed by atoms with Crippen molar-refractivity contribution in [3.63, 3.8) is 0 Å². The number of aromatic nitrogens is 1. The van der Waals surface area contributed by atoms with Gasteiger partial charge in [-0.25, -0.2) is 0 Å². The van der Waals surface area contributed by atoms with Crippen molar-refractivity contribution in [3.8, 4) is 0 Å². The summed E-state index contributed by atoms with van der Waals surface area (Å²) in [7, 11) is -1.32. The second kappa shape index (κ2) is 2.80. The fourth-order valence-corrected chi connectivity index (χ4v) is 2.34. The van der Waals surface area contributed by atoms with Gasteiger partial charge in [0, 0.05) is 5.50 Å². The normalized spacial score (nSPS) is 11.9. The topological polar surface area (TPSA) is 4.93 Å². The maximum Gasteiger partial charge on any atom is 0.169 e. The van der Waals surface area contributed by atoms with Crippen LogP contribution in [-0.4, -0.2) is 18.0 Å². The van der Waals surface area contributed by atoms with Gasteiger partial charge in [-0.2, -0.15) is 0 Å². The molecule has 0 aliphatic heterocycles. The molecule has 0 fully saturated rings. The molecule has 10 heavy (non-hydrogen) atoms. The number of hydrogen-bond donors (Lipinski definition) is 0. The van der Waals surface area contributed by atoms with Gasteiger partial charge in [0.1, 0.15) is 0 Å². The van der Waals surface area contributed by atoms with E-state index in [2.05, 4.69) is 29.7 Å². The lowest BCUT2D eigenvalue weighted by molar-refractivity contribution is 1.15. The first-order chi connectivity index (χ1) is 4.67. The monoisotopic (exact) mass is 173 g/mol. The van der Waals surface area contributed by atoms with Crippen LogP contribution in [0.15, 0.2) is 24.5 Å². The molecule has 1 rings (SSSR count). The molecule has 0 atom stereocenters. The minimum atomic E-state index is -1.32. The molecule has 0 N–H and O–H groups in total. The smallest absolute Gasteiger partial charge is 0.169 e. The Morgan fingerprint density at radius 2 is 1.80 bits per heavy atom. The van der Waals surface area contributed by atoms with Crippen LogP contribution in [-0.2, 0) is 0 Å². The van der Waals surface area contributed by atoms with Crippen LogP contribution in [0.4, 0.5) is 0 Å². The lowest BCUT2D eigenvalue weighted by Gasteiger charge is -2.20. The summed E-state index contributed by atoms with van der Waals surface area (Å²) < 4.78 is 2.25. The first kappa shape index (κ1) is 7.89. The summed E-state index contributed by atoms with van der Waals surface area (Å²) in [6.07, 6.45) is 4.18. The molecule has 0 aliphatic rings. The predicted octanol–water partition coefficient (Wildman–Crippen LogP) is 2.32. The van der Waals surface area contributed by atoms with Crippen molar-refractivity contribution in [3.05, 3.63) is 24.5 Å². The molecule has 56 valence electrons. The average molecular weight is 174 g/mol. The second-order valence-electron chi connectivity index (χ2n) is 3.04. The lowest BCUT2D eigenvalue weighted by atomic mass is 10.7. The fourth-order valence-electron chi connectivity index (χ4n) is 0.807. The average Bonchev–Trinajstić information content (AvgIpc) is 2.38. The molecule has 0 saturated heterocycles. The Bertz CT molecular complexity index is 193. The van der Waals surface area contributed by atoms with Crippen LogP contribution in [0.25, 0.3) is 0 Å². The fraction of sp³-hybridized carbons (Fsp3) is 0.429. The van der Waals surface area contributed by atoms with Crippen LogP contribution in [0.2, 0.25) is 13.1 Å². The van der Waals surface area contributed by atoms with Crippen molar-refractivity contribution in [2.45, 2.75) is 13.1 Å². The molecule has 1 nitrogen and oxygen atoms in total. The Kier molecular flexibility index (Phi) is 2.21. The van der Waals surface area contributed by atoms with Crippen LogP contribution >= 0.6 is 11.6 Å². The maximum absolute atomic E-state index is 5.83. The van der Waals surface area contributed by atoms with Gasteiger partial charge < -0.3 is 4.23 Å². The highest BCUT2D eigenvalue weighted by molar-refractivity contribution is 6.81. The van der Waals surface area contributed by atoms with Crippen molar-refractivity contribution in [1.82, 2.24) is 4.23 Å². The van der Waals surface area contributed by atoms with E-state index < -0.39 is 8.24 Å². The molecule has 0 aliphatic carbocycles. The number of nitrogens with zero attached hydrogens (tertiary/aromatic N) is 1. The summed E-state index contributed by atoms with van der Waals surface area (Å²) in [5, 5.41) is 0. The summed E-state index contributed by atoms with van der Waals surface area (Å²) in [5.74, 6) is 0.